The maximum absolute atomic E-state index is 13.5. The van der Waals surface area contributed by atoms with E-state index in [0.717, 1.165) is 0 Å². The minimum atomic E-state index is -2.65. The normalized spacial score (nSPS) is 17.5. The first-order chi connectivity index (χ1) is 6.10. The van der Waals surface area contributed by atoms with Crippen molar-refractivity contribution in [3.8, 4) is 0 Å². The highest BCUT2D eigenvalue weighted by atomic mass is 19.3. The molecule has 0 N–H and O–H groups in total. The van der Waals surface area contributed by atoms with Crippen LogP contribution in [-0.4, -0.2) is 4.98 Å². The fourth-order valence-corrected chi connectivity index (χ4v) is 1.43. The van der Waals surface area contributed by atoms with Gasteiger partial charge in [-0.2, -0.15) is 0 Å². The molecule has 0 aromatic carbocycles. The second-order valence-corrected chi connectivity index (χ2v) is 3.58. The van der Waals surface area contributed by atoms with E-state index in [1.165, 1.54) is 18.3 Å². The molecule has 13 heavy (non-hydrogen) atoms. The molecule has 0 atom stereocenters. The average molecular weight is 183 g/mol. The van der Waals surface area contributed by atoms with Gasteiger partial charge >= 0.3 is 0 Å². The maximum atomic E-state index is 13.5. The van der Waals surface area contributed by atoms with Crippen molar-refractivity contribution in [3.05, 3.63) is 29.6 Å². The Bertz CT molecular complexity index is 318. The Morgan fingerprint density at radius 3 is 2.69 bits per heavy atom. The van der Waals surface area contributed by atoms with Gasteiger partial charge in [-0.3, -0.25) is 4.98 Å². The molecule has 0 unspecified atom stereocenters. The van der Waals surface area contributed by atoms with E-state index in [0.29, 0.717) is 18.5 Å². The third-order valence-electron chi connectivity index (χ3n) is 2.37. The molecule has 70 valence electrons. The lowest BCUT2D eigenvalue weighted by Crippen LogP contribution is -2.16. The summed E-state index contributed by atoms with van der Waals surface area (Å²) in [6.45, 7) is 1.73. The lowest BCUT2D eigenvalue weighted by atomic mass is 10.1. The molecule has 1 aliphatic carbocycles. The molecule has 1 fully saturated rings. The summed E-state index contributed by atoms with van der Waals surface area (Å²) in [7, 11) is 0. The Kier molecular flexibility index (Phi) is 1.82. The van der Waals surface area contributed by atoms with E-state index in [1.54, 1.807) is 6.92 Å². The van der Waals surface area contributed by atoms with Crippen LogP contribution in [-0.2, 0) is 5.92 Å². The van der Waals surface area contributed by atoms with Gasteiger partial charge in [-0.1, -0.05) is 0 Å². The maximum Gasteiger partial charge on any atom is 0.276 e. The molecular formula is C10H11F2N. The van der Waals surface area contributed by atoms with Crippen molar-refractivity contribution in [2.45, 2.75) is 25.7 Å². The largest absolute Gasteiger partial charge is 0.276 e. The molecule has 0 amide bonds. The molecule has 1 heterocycles. The van der Waals surface area contributed by atoms with Crippen molar-refractivity contribution >= 4 is 0 Å². The first-order valence-electron chi connectivity index (χ1n) is 4.41. The zero-order valence-corrected chi connectivity index (χ0v) is 7.43. The second kappa shape index (κ2) is 2.76. The Morgan fingerprint density at radius 2 is 2.15 bits per heavy atom. The van der Waals surface area contributed by atoms with E-state index in [1.807, 2.05) is 0 Å². The average Bonchev–Trinajstić information content (AvgIpc) is 2.86. The highest BCUT2D eigenvalue weighted by molar-refractivity contribution is 5.22. The number of hydrogen-bond donors (Lipinski definition) is 0. The van der Waals surface area contributed by atoms with Gasteiger partial charge in [0.05, 0.1) is 0 Å². The monoisotopic (exact) mass is 183 g/mol. The van der Waals surface area contributed by atoms with Gasteiger partial charge in [0.1, 0.15) is 0 Å². The highest BCUT2D eigenvalue weighted by Crippen LogP contribution is 2.49. The summed E-state index contributed by atoms with van der Waals surface area (Å²) in [6, 6.07) is 2.88. The lowest BCUT2D eigenvalue weighted by molar-refractivity contribution is -0.0286. The molecule has 0 saturated heterocycles. The zero-order chi connectivity index (χ0) is 9.47. The van der Waals surface area contributed by atoms with Crippen LogP contribution >= 0.6 is 0 Å². The first kappa shape index (κ1) is 8.60. The number of aromatic nitrogens is 1. The predicted octanol–water partition coefficient (Wildman–Crippen LogP) is 2.89. The van der Waals surface area contributed by atoms with Gasteiger partial charge in [0.25, 0.3) is 5.92 Å². The van der Waals surface area contributed by atoms with Crippen LogP contribution in [0.3, 0.4) is 0 Å². The second-order valence-electron chi connectivity index (χ2n) is 3.58. The number of nitrogens with zero attached hydrogens (tertiary/aromatic N) is 1. The molecule has 0 spiro atoms. The van der Waals surface area contributed by atoms with Crippen LogP contribution in [0.2, 0.25) is 0 Å². The Balaban J connectivity index is 2.33. The number of hydrogen-bond acceptors (Lipinski definition) is 1. The van der Waals surface area contributed by atoms with Crippen molar-refractivity contribution < 1.29 is 8.78 Å². The smallest absolute Gasteiger partial charge is 0.262 e. The molecular weight excluding hydrogens is 172 g/mol. The van der Waals surface area contributed by atoms with Crippen molar-refractivity contribution in [1.82, 2.24) is 4.98 Å². The molecule has 3 heteroatoms. The molecule has 1 aliphatic rings. The van der Waals surface area contributed by atoms with Crippen LogP contribution in [0.25, 0.3) is 0 Å². The highest BCUT2D eigenvalue weighted by Gasteiger charge is 2.47. The summed E-state index contributed by atoms with van der Waals surface area (Å²) in [4.78, 5) is 3.90. The van der Waals surface area contributed by atoms with Crippen LogP contribution in [0.4, 0.5) is 8.78 Å². The number of halogens is 2. The van der Waals surface area contributed by atoms with Crippen LogP contribution in [0.15, 0.2) is 18.3 Å². The third-order valence-corrected chi connectivity index (χ3v) is 2.37. The quantitative estimate of drug-likeness (QED) is 0.687. The molecule has 0 aliphatic heterocycles. The number of alkyl halides is 2. The minimum Gasteiger partial charge on any atom is -0.262 e. The zero-order valence-electron chi connectivity index (χ0n) is 7.43. The van der Waals surface area contributed by atoms with Crippen LogP contribution in [0.5, 0.6) is 0 Å². The summed E-state index contributed by atoms with van der Waals surface area (Å²) in [5.41, 5.74) is 0.764. The van der Waals surface area contributed by atoms with Crippen molar-refractivity contribution in [2.24, 2.45) is 5.92 Å². The van der Waals surface area contributed by atoms with Gasteiger partial charge < -0.3 is 0 Å². The molecule has 1 saturated carbocycles. The van der Waals surface area contributed by atoms with Gasteiger partial charge in [-0.25, -0.2) is 8.78 Å². The minimum absolute atomic E-state index is 0.113. The predicted molar refractivity (Wildman–Crippen MR) is 45.6 cm³/mol. The molecule has 0 radical (unpaired) electrons. The van der Waals surface area contributed by atoms with Gasteiger partial charge in [0, 0.05) is 23.4 Å². The van der Waals surface area contributed by atoms with Gasteiger partial charge in [0.2, 0.25) is 0 Å². The standard InChI is InChI=1S/C10H11F2N/c1-7-6-9(4-5-13-7)10(11,12)8-2-3-8/h4-6,8H,2-3H2,1H3. The SMILES string of the molecule is Cc1cc(C(F)(F)C2CC2)ccn1. The van der Waals surface area contributed by atoms with Gasteiger partial charge in [0.15, 0.2) is 0 Å². The van der Waals surface area contributed by atoms with Crippen molar-refractivity contribution in [3.63, 3.8) is 0 Å². The number of rotatable bonds is 2. The molecule has 2 rings (SSSR count). The lowest BCUT2D eigenvalue weighted by Gasteiger charge is -2.15. The topological polar surface area (TPSA) is 12.9 Å². The third kappa shape index (κ3) is 1.55. The Morgan fingerprint density at radius 1 is 1.46 bits per heavy atom. The molecule has 1 nitrogen and oxygen atoms in total. The van der Waals surface area contributed by atoms with Crippen LogP contribution in [0, 0.1) is 12.8 Å². The van der Waals surface area contributed by atoms with Gasteiger partial charge in [-0.05, 0) is 31.9 Å². The van der Waals surface area contributed by atoms with E-state index in [-0.39, 0.29) is 5.56 Å². The van der Waals surface area contributed by atoms with E-state index in [4.69, 9.17) is 0 Å². The number of aryl methyl sites for hydroxylation is 1. The summed E-state index contributed by atoms with van der Waals surface area (Å²) in [6.07, 6.45) is 2.74. The van der Waals surface area contributed by atoms with Crippen LogP contribution < -0.4 is 0 Å². The fourth-order valence-electron chi connectivity index (χ4n) is 1.43. The molecule has 0 bridgehead atoms. The Hall–Kier alpha value is -0.990. The van der Waals surface area contributed by atoms with Crippen LogP contribution in [0.1, 0.15) is 24.1 Å². The van der Waals surface area contributed by atoms with Gasteiger partial charge in [-0.15, -0.1) is 0 Å². The first-order valence-corrected chi connectivity index (χ1v) is 4.41. The Labute approximate surface area is 75.8 Å². The van der Waals surface area contributed by atoms with Crippen molar-refractivity contribution in [2.75, 3.05) is 0 Å². The molecule has 1 aromatic heterocycles. The van der Waals surface area contributed by atoms with E-state index in [9.17, 15) is 8.78 Å². The summed E-state index contributed by atoms with van der Waals surface area (Å²) >= 11 is 0. The van der Waals surface area contributed by atoms with E-state index in [2.05, 4.69) is 4.98 Å². The van der Waals surface area contributed by atoms with E-state index < -0.39 is 11.8 Å². The summed E-state index contributed by atoms with van der Waals surface area (Å²) in [5.74, 6) is -3.08. The number of pyridine rings is 1. The summed E-state index contributed by atoms with van der Waals surface area (Å²) < 4.78 is 27.0. The van der Waals surface area contributed by atoms with Crippen molar-refractivity contribution in [1.29, 1.82) is 0 Å². The summed E-state index contributed by atoms with van der Waals surface area (Å²) in [5, 5.41) is 0. The molecule has 1 aromatic rings. The van der Waals surface area contributed by atoms with E-state index >= 15 is 0 Å². The fraction of sp³-hybridized carbons (Fsp3) is 0.500.